The number of rotatable bonds is 9. The van der Waals surface area contributed by atoms with Crippen LogP contribution in [0, 0.1) is 0 Å². The van der Waals surface area contributed by atoms with Gasteiger partial charge in [0.1, 0.15) is 18.0 Å². The number of aliphatic hydroxyl groups is 1. The Morgan fingerprint density at radius 1 is 1.19 bits per heavy atom. The lowest BCUT2D eigenvalue weighted by Crippen LogP contribution is -2.49. The highest BCUT2D eigenvalue weighted by molar-refractivity contribution is 6.42. The number of nitrogens with zero attached hydrogens (tertiary/aromatic N) is 1. The van der Waals surface area contributed by atoms with Gasteiger partial charge in [-0.25, -0.2) is 0 Å². The molecule has 2 aromatic rings. The van der Waals surface area contributed by atoms with Crippen LogP contribution in [-0.4, -0.2) is 53.8 Å². The zero-order valence-corrected chi connectivity index (χ0v) is 20.0. The number of para-hydroxylation sites is 2. The van der Waals surface area contributed by atoms with E-state index in [9.17, 15) is 9.90 Å². The molecule has 6 nitrogen and oxygen atoms in total. The van der Waals surface area contributed by atoms with Crippen LogP contribution in [0.3, 0.4) is 0 Å². The molecule has 1 amide bonds. The lowest BCUT2D eigenvalue weighted by atomic mass is 10.0. The van der Waals surface area contributed by atoms with E-state index in [1.807, 2.05) is 30.3 Å². The molecule has 0 aromatic heterocycles. The third-order valence-corrected chi connectivity index (χ3v) is 6.22. The minimum absolute atomic E-state index is 0.118. The van der Waals surface area contributed by atoms with E-state index in [0.717, 1.165) is 38.0 Å². The van der Waals surface area contributed by atoms with E-state index in [-0.39, 0.29) is 12.5 Å². The first-order valence-corrected chi connectivity index (χ1v) is 11.6. The van der Waals surface area contributed by atoms with E-state index in [1.54, 1.807) is 19.1 Å². The standard InChI is InChI=1S/C24H31Cl2N3O3/c1-17(30)28-22-5-3-4-6-23(22)32-16-24(2,31)15-27-19-9-11-29(12-10-19)14-18-7-8-20(25)21(26)13-18/h3-8,13,19,27,31H,9-12,14-16H2,1-2H3,(H,28,30). The van der Waals surface area contributed by atoms with Gasteiger partial charge < -0.3 is 20.5 Å². The van der Waals surface area contributed by atoms with E-state index in [2.05, 4.69) is 15.5 Å². The summed E-state index contributed by atoms with van der Waals surface area (Å²) in [5.41, 5.74) is 0.712. The van der Waals surface area contributed by atoms with Gasteiger partial charge in [0.15, 0.2) is 0 Å². The molecule has 174 valence electrons. The summed E-state index contributed by atoms with van der Waals surface area (Å²) in [6.45, 7) is 6.54. The minimum Gasteiger partial charge on any atom is -0.488 e. The van der Waals surface area contributed by atoms with Gasteiger partial charge >= 0.3 is 0 Å². The van der Waals surface area contributed by atoms with Gasteiger partial charge in [0.25, 0.3) is 0 Å². The fourth-order valence-corrected chi connectivity index (χ4v) is 4.05. The molecule has 1 heterocycles. The summed E-state index contributed by atoms with van der Waals surface area (Å²) in [4.78, 5) is 13.8. The van der Waals surface area contributed by atoms with Crippen LogP contribution in [0.5, 0.6) is 5.75 Å². The highest BCUT2D eigenvalue weighted by atomic mass is 35.5. The Hall–Kier alpha value is -1.83. The van der Waals surface area contributed by atoms with Crippen molar-refractivity contribution in [1.82, 2.24) is 10.2 Å². The Morgan fingerprint density at radius 2 is 1.91 bits per heavy atom. The molecule has 1 saturated heterocycles. The predicted molar refractivity (Wildman–Crippen MR) is 130 cm³/mol. The van der Waals surface area contributed by atoms with Gasteiger partial charge in [-0.05, 0) is 62.7 Å². The second-order valence-corrected chi connectivity index (χ2v) is 9.46. The number of piperidine rings is 1. The predicted octanol–water partition coefficient (Wildman–Crippen LogP) is 4.34. The van der Waals surface area contributed by atoms with Crippen molar-refractivity contribution < 1.29 is 14.6 Å². The zero-order valence-electron chi connectivity index (χ0n) is 18.5. The third-order valence-electron chi connectivity index (χ3n) is 5.49. The number of hydrogen-bond donors (Lipinski definition) is 3. The summed E-state index contributed by atoms with van der Waals surface area (Å²) in [5.74, 6) is 0.374. The fraction of sp³-hybridized carbons (Fsp3) is 0.458. The SMILES string of the molecule is CC(=O)Nc1ccccc1OCC(C)(O)CNC1CCN(Cc2ccc(Cl)c(Cl)c2)CC1. The number of halogens is 2. The molecule has 0 aliphatic carbocycles. The maximum Gasteiger partial charge on any atom is 0.221 e. The largest absolute Gasteiger partial charge is 0.488 e. The van der Waals surface area contributed by atoms with Crippen LogP contribution in [0.25, 0.3) is 0 Å². The van der Waals surface area contributed by atoms with E-state index in [1.165, 1.54) is 6.92 Å². The number of nitrogens with one attached hydrogen (secondary N) is 2. The number of benzene rings is 2. The number of amides is 1. The van der Waals surface area contributed by atoms with Crippen LogP contribution in [0.2, 0.25) is 10.0 Å². The van der Waals surface area contributed by atoms with Gasteiger partial charge in [-0.3, -0.25) is 9.69 Å². The van der Waals surface area contributed by atoms with Crippen LogP contribution in [0.4, 0.5) is 5.69 Å². The second-order valence-electron chi connectivity index (χ2n) is 8.64. The van der Waals surface area contributed by atoms with Gasteiger partial charge in [0, 0.05) is 26.1 Å². The first-order chi connectivity index (χ1) is 15.2. The number of likely N-dealkylation sites (tertiary alicyclic amines) is 1. The quantitative estimate of drug-likeness (QED) is 0.498. The number of ether oxygens (including phenoxy) is 1. The van der Waals surface area contributed by atoms with Crippen LogP contribution in [-0.2, 0) is 11.3 Å². The van der Waals surface area contributed by atoms with E-state index in [4.69, 9.17) is 27.9 Å². The number of hydrogen-bond acceptors (Lipinski definition) is 5. The summed E-state index contributed by atoms with van der Waals surface area (Å²) >= 11 is 12.1. The molecule has 32 heavy (non-hydrogen) atoms. The minimum atomic E-state index is -1.04. The van der Waals surface area contributed by atoms with Crippen molar-refractivity contribution in [2.45, 2.75) is 44.9 Å². The first-order valence-electron chi connectivity index (χ1n) is 10.8. The van der Waals surface area contributed by atoms with Gasteiger partial charge in [-0.2, -0.15) is 0 Å². The summed E-state index contributed by atoms with van der Waals surface area (Å²) < 4.78 is 5.81. The molecule has 8 heteroatoms. The molecular weight excluding hydrogens is 449 g/mol. The van der Waals surface area contributed by atoms with Crippen LogP contribution in [0.1, 0.15) is 32.3 Å². The summed E-state index contributed by atoms with van der Waals surface area (Å²) in [5, 5.41) is 18.2. The Balaban J connectivity index is 1.42. The number of carbonyl (C=O) groups is 1. The molecule has 3 rings (SSSR count). The van der Waals surface area contributed by atoms with Gasteiger partial charge in [-0.15, -0.1) is 0 Å². The van der Waals surface area contributed by atoms with Crippen molar-refractivity contribution in [2.24, 2.45) is 0 Å². The highest BCUT2D eigenvalue weighted by Crippen LogP contribution is 2.25. The molecule has 3 N–H and O–H groups in total. The van der Waals surface area contributed by atoms with E-state index in [0.29, 0.717) is 34.1 Å². The summed E-state index contributed by atoms with van der Waals surface area (Å²) in [7, 11) is 0. The number of anilines is 1. The highest BCUT2D eigenvalue weighted by Gasteiger charge is 2.25. The topological polar surface area (TPSA) is 73.8 Å². The van der Waals surface area contributed by atoms with Crippen molar-refractivity contribution in [2.75, 3.05) is 31.6 Å². The lowest BCUT2D eigenvalue weighted by Gasteiger charge is -2.34. The summed E-state index contributed by atoms with van der Waals surface area (Å²) in [6.07, 6.45) is 2.01. The molecular formula is C24H31Cl2N3O3. The second kappa shape index (κ2) is 11.3. The molecule has 2 aromatic carbocycles. The average molecular weight is 480 g/mol. The molecule has 1 unspecified atom stereocenters. The molecule has 0 saturated carbocycles. The van der Waals surface area contributed by atoms with Crippen molar-refractivity contribution in [3.05, 3.63) is 58.1 Å². The third kappa shape index (κ3) is 7.64. The zero-order chi connectivity index (χ0) is 23.1. The van der Waals surface area contributed by atoms with Gasteiger partial charge in [0.2, 0.25) is 5.91 Å². The monoisotopic (exact) mass is 479 g/mol. The van der Waals surface area contributed by atoms with Crippen molar-refractivity contribution in [3.63, 3.8) is 0 Å². The van der Waals surface area contributed by atoms with Crippen molar-refractivity contribution in [1.29, 1.82) is 0 Å². The molecule has 0 radical (unpaired) electrons. The van der Waals surface area contributed by atoms with Gasteiger partial charge in [0.05, 0.1) is 15.7 Å². The molecule has 0 bridgehead atoms. The lowest BCUT2D eigenvalue weighted by molar-refractivity contribution is -0.114. The summed E-state index contributed by atoms with van der Waals surface area (Å²) in [6, 6.07) is 13.3. The fourth-order valence-electron chi connectivity index (χ4n) is 3.73. The van der Waals surface area contributed by atoms with Gasteiger partial charge in [-0.1, -0.05) is 41.4 Å². The maximum atomic E-state index is 11.4. The number of carbonyl (C=O) groups excluding carboxylic acids is 1. The van der Waals surface area contributed by atoms with Crippen molar-refractivity contribution in [3.8, 4) is 5.75 Å². The smallest absolute Gasteiger partial charge is 0.221 e. The molecule has 0 spiro atoms. The van der Waals surface area contributed by atoms with E-state index >= 15 is 0 Å². The Bertz CT molecular complexity index is 915. The molecule has 1 fully saturated rings. The van der Waals surface area contributed by atoms with Crippen LogP contribution < -0.4 is 15.4 Å². The molecule has 1 atom stereocenters. The maximum absolute atomic E-state index is 11.4. The van der Waals surface area contributed by atoms with Crippen molar-refractivity contribution >= 4 is 34.8 Å². The Kier molecular flexibility index (Phi) is 8.79. The van der Waals surface area contributed by atoms with Crippen LogP contribution >= 0.6 is 23.2 Å². The normalized spacial score (nSPS) is 17.0. The Labute approximate surface area is 199 Å². The van der Waals surface area contributed by atoms with E-state index < -0.39 is 5.60 Å². The Morgan fingerprint density at radius 3 is 2.59 bits per heavy atom. The molecule has 1 aliphatic rings. The first kappa shape index (κ1) is 24.8. The average Bonchev–Trinajstić information content (AvgIpc) is 2.75. The molecule has 1 aliphatic heterocycles. The van der Waals surface area contributed by atoms with Crippen LogP contribution in [0.15, 0.2) is 42.5 Å².